The summed E-state index contributed by atoms with van der Waals surface area (Å²) >= 11 is 5.94. The molecule has 0 spiro atoms. The first-order valence-corrected chi connectivity index (χ1v) is 8.09. The summed E-state index contributed by atoms with van der Waals surface area (Å²) in [5.74, 6) is -0.702. The number of halogens is 2. The number of piperazine rings is 1. The highest BCUT2D eigenvalue weighted by Gasteiger charge is 2.31. The van der Waals surface area contributed by atoms with Crippen LogP contribution < -0.4 is 0 Å². The summed E-state index contributed by atoms with van der Waals surface area (Å²) in [6.45, 7) is 2.46. The van der Waals surface area contributed by atoms with Gasteiger partial charge in [-0.1, -0.05) is 11.6 Å². The van der Waals surface area contributed by atoms with Crippen LogP contribution in [0.15, 0.2) is 18.2 Å². The van der Waals surface area contributed by atoms with Crippen molar-refractivity contribution in [1.82, 2.24) is 9.80 Å². The van der Waals surface area contributed by atoms with Crippen LogP contribution in [0, 0.1) is 5.82 Å². The fourth-order valence-electron chi connectivity index (χ4n) is 2.94. The van der Waals surface area contributed by atoms with Crippen molar-refractivity contribution in [2.24, 2.45) is 0 Å². The van der Waals surface area contributed by atoms with E-state index in [1.54, 1.807) is 9.80 Å². The summed E-state index contributed by atoms with van der Waals surface area (Å²) < 4.78 is 18.5. The first-order valence-electron chi connectivity index (χ1n) is 7.71. The van der Waals surface area contributed by atoms with Gasteiger partial charge < -0.3 is 14.5 Å². The van der Waals surface area contributed by atoms with E-state index in [2.05, 4.69) is 0 Å². The Morgan fingerprint density at radius 1 is 1.17 bits per heavy atom. The highest BCUT2D eigenvalue weighted by molar-refractivity contribution is 6.33. The average molecular weight is 341 g/mol. The van der Waals surface area contributed by atoms with Crippen molar-refractivity contribution < 1.29 is 18.7 Å². The van der Waals surface area contributed by atoms with Crippen LogP contribution in [0.1, 0.15) is 23.2 Å². The molecule has 2 amide bonds. The van der Waals surface area contributed by atoms with Gasteiger partial charge >= 0.3 is 0 Å². The minimum Gasteiger partial charge on any atom is -0.368 e. The Bertz CT molecular complexity index is 611. The lowest BCUT2D eigenvalue weighted by atomic mass is 10.1. The predicted octanol–water partition coefficient (Wildman–Crippen LogP) is 1.94. The van der Waals surface area contributed by atoms with E-state index in [-0.39, 0.29) is 28.5 Å². The molecule has 0 bridgehead atoms. The van der Waals surface area contributed by atoms with Gasteiger partial charge in [-0.05, 0) is 31.0 Å². The molecule has 2 aliphatic rings. The molecule has 124 valence electrons. The number of ether oxygens (including phenoxy) is 1. The van der Waals surface area contributed by atoms with Gasteiger partial charge in [-0.3, -0.25) is 9.59 Å². The van der Waals surface area contributed by atoms with Crippen molar-refractivity contribution in [3.8, 4) is 0 Å². The zero-order chi connectivity index (χ0) is 16.4. The summed E-state index contributed by atoms with van der Waals surface area (Å²) in [6.07, 6.45) is 1.35. The molecule has 23 heavy (non-hydrogen) atoms. The zero-order valence-corrected chi connectivity index (χ0v) is 13.4. The van der Waals surface area contributed by atoms with Crippen LogP contribution in [-0.4, -0.2) is 60.5 Å². The number of benzene rings is 1. The molecule has 1 aromatic rings. The molecule has 0 radical (unpaired) electrons. The molecular weight excluding hydrogens is 323 g/mol. The smallest absolute Gasteiger partial charge is 0.255 e. The zero-order valence-electron chi connectivity index (χ0n) is 12.6. The lowest BCUT2D eigenvalue weighted by molar-refractivity contribution is -0.142. The number of hydrogen-bond donors (Lipinski definition) is 0. The van der Waals surface area contributed by atoms with Gasteiger partial charge in [0.15, 0.2) is 0 Å². The van der Waals surface area contributed by atoms with Crippen LogP contribution in [0.4, 0.5) is 4.39 Å². The molecule has 0 N–H and O–H groups in total. The predicted molar refractivity (Wildman–Crippen MR) is 82.9 cm³/mol. The Balaban J connectivity index is 1.60. The maximum Gasteiger partial charge on any atom is 0.255 e. The van der Waals surface area contributed by atoms with E-state index in [0.29, 0.717) is 32.8 Å². The Morgan fingerprint density at radius 2 is 1.87 bits per heavy atom. The number of amides is 2. The average Bonchev–Trinajstić information content (AvgIpc) is 3.08. The number of nitrogens with zero attached hydrogens (tertiary/aromatic N) is 2. The number of hydrogen-bond acceptors (Lipinski definition) is 3. The molecule has 0 aliphatic carbocycles. The SMILES string of the molecule is O=C(c1ccc(F)cc1Cl)N1CCN(C(=O)[C@H]2CCCO2)CC1. The van der Waals surface area contributed by atoms with Gasteiger partial charge in [0, 0.05) is 32.8 Å². The quantitative estimate of drug-likeness (QED) is 0.826. The van der Waals surface area contributed by atoms with Gasteiger partial charge in [0.2, 0.25) is 0 Å². The third-order valence-corrected chi connectivity index (χ3v) is 4.56. The lowest BCUT2D eigenvalue weighted by Gasteiger charge is -2.35. The standard InChI is InChI=1S/C16H18ClFN2O3/c17-13-10-11(18)3-4-12(13)15(21)19-5-7-20(8-6-19)16(22)14-2-1-9-23-14/h3-4,10,14H,1-2,5-9H2/t14-/m1/s1. The summed E-state index contributed by atoms with van der Waals surface area (Å²) in [7, 11) is 0. The monoisotopic (exact) mass is 340 g/mol. The highest BCUT2D eigenvalue weighted by atomic mass is 35.5. The van der Waals surface area contributed by atoms with Crippen LogP contribution >= 0.6 is 11.6 Å². The molecule has 2 fully saturated rings. The molecule has 3 rings (SSSR count). The summed E-state index contributed by atoms with van der Waals surface area (Å²) in [5.41, 5.74) is 0.284. The van der Waals surface area contributed by atoms with Gasteiger partial charge in [0.05, 0.1) is 10.6 Å². The number of rotatable bonds is 2. The van der Waals surface area contributed by atoms with Gasteiger partial charge in [-0.15, -0.1) is 0 Å². The van der Waals surface area contributed by atoms with Gasteiger partial charge in [-0.2, -0.15) is 0 Å². The molecule has 2 aliphatic heterocycles. The topological polar surface area (TPSA) is 49.9 Å². The molecule has 5 nitrogen and oxygen atoms in total. The second-order valence-electron chi connectivity index (χ2n) is 5.74. The summed E-state index contributed by atoms with van der Waals surface area (Å²) in [6, 6.07) is 3.74. The fraction of sp³-hybridized carbons (Fsp3) is 0.500. The van der Waals surface area contributed by atoms with Crippen molar-refractivity contribution in [1.29, 1.82) is 0 Å². The molecular formula is C16H18ClFN2O3. The fourth-order valence-corrected chi connectivity index (χ4v) is 3.19. The third-order valence-electron chi connectivity index (χ3n) is 4.25. The van der Waals surface area contributed by atoms with Gasteiger partial charge in [-0.25, -0.2) is 4.39 Å². The molecule has 0 aromatic heterocycles. The Morgan fingerprint density at radius 3 is 2.48 bits per heavy atom. The highest BCUT2D eigenvalue weighted by Crippen LogP contribution is 2.21. The van der Waals surface area contributed by atoms with Crippen molar-refractivity contribution in [3.05, 3.63) is 34.6 Å². The van der Waals surface area contributed by atoms with Crippen LogP contribution in [0.2, 0.25) is 5.02 Å². The molecule has 2 heterocycles. The summed E-state index contributed by atoms with van der Waals surface area (Å²) in [4.78, 5) is 28.1. The number of carbonyl (C=O) groups is 2. The summed E-state index contributed by atoms with van der Waals surface area (Å²) in [5, 5.41) is 0.105. The molecule has 0 unspecified atom stereocenters. The van der Waals surface area contributed by atoms with E-state index in [1.165, 1.54) is 12.1 Å². The third kappa shape index (κ3) is 3.48. The van der Waals surface area contributed by atoms with Crippen LogP contribution in [0.25, 0.3) is 0 Å². The van der Waals surface area contributed by atoms with Crippen molar-refractivity contribution >= 4 is 23.4 Å². The maximum absolute atomic E-state index is 13.1. The second kappa shape index (κ2) is 6.84. The van der Waals surface area contributed by atoms with E-state index in [1.807, 2.05) is 0 Å². The number of carbonyl (C=O) groups excluding carboxylic acids is 2. The molecule has 2 saturated heterocycles. The van der Waals surface area contributed by atoms with Crippen molar-refractivity contribution in [2.75, 3.05) is 32.8 Å². The first-order chi connectivity index (χ1) is 11.1. The molecule has 1 aromatic carbocycles. The second-order valence-corrected chi connectivity index (χ2v) is 6.15. The van der Waals surface area contributed by atoms with Gasteiger partial charge in [0.25, 0.3) is 11.8 Å². The molecule has 0 saturated carbocycles. The van der Waals surface area contributed by atoms with E-state index >= 15 is 0 Å². The molecule has 1 atom stereocenters. The van der Waals surface area contributed by atoms with E-state index in [4.69, 9.17) is 16.3 Å². The van der Waals surface area contributed by atoms with Crippen LogP contribution in [-0.2, 0) is 9.53 Å². The Kier molecular flexibility index (Phi) is 4.82. The van der Waals surface area contributed by atoms with E-state index in [0.717, 1.165) is 18.9 Å². The van der Waals surface area contributed by atoms with E-state index < -0.39 is 5.82 Å². The van der Waals surface area contributed by atoms with E-state index in [9.17, 15) is 14.0 Å². The first kappa shape index (κ1) is 16.2. The normalized spacial score (nSPS) is 21.6. The van der Waals surface area contributed by atoms with Gasteiger partial charge in [0.1, 0.15) is 11.9 Å². The largest absolute Gasteiger partial charge is 0.368 e. The Labute approximate surface area is 138 Å². The minimum atomic E-state index is -0.474. The van der Waals surface area contributed by atoms with Crippen LogP contribution in [0.5, 0.6) is 0 Å². The molecule has 7 heteroatoms. The maximum atomic E-state index is 13.1. The minimum absolute atomic E-state index is 0.00872. The van der Waals surface area contributed by atoms with Crippen molar-refractivity contribution in [3.63, 3.8) is 0 Å². The van der Waals surface area contributed by atoms with Crippen molar-refractivity contribution in [2.45, 2.75) is 18.9 Å². The Hall–Kier alpha value is -1.66. The van der Waals surface area contributed by atoms with Crippen LogP contribution in [0.3, 0.4) is 0 Å². The lowest BCUT2D eigenvalue weighted by Crippen LogP contribution is -2.52.